The Morgan fingerprint density at radius 3 is 2.56 bits per heavy atom. The van der Waals surface area contributed by atoms with E-state index in [0.29, 0.717) is 0 Å². The van der Waals surface area contributed by atoms with Crippen LogP contribution in [0, 0.1) is 0 Å². The monoisotopic (exact) mass is 252 g/mol. The van der Waals surface area contributed by atoms with Crippen LogP contribution in [0.25, 0.3) is 11.2 Å². The van der Waals surface area contributed by atoms with E-state index >= 15 is 0 Å². The van der Waals surface area contributed by atoms with E-state index in [9.17, 15) is 19.2 Å². The van der Waals surface area contributed by atoms with E-state index in [2.05, 4.69) is 19.7 Å². The molecule has 0 aliphatic heterocycles. The second kappa shape index (κ2) is 4.28. The highest BCUT2D eigenvalue weighted by Crippen LogP contribution is 1.96. The molecule has 0 saturated heterocycles. The van der Waals surface area contributed by atoms with Crippen molar-refractivity contribution in [3.05, 3.63) is 36.9 Å². The predicted octanol–water partition coefficient (Wildman–Crippen LogP) is -1.98. The van der Waals surface area contributed by atoms with Crippen molar-refractivity contribution in [3.8, 4) is 0 Å². The topological polar surface area (TPSA) is 138 Å². The molecule has 94 valence electrons. The van der Waals surface area contributed by atoms with Gasteiger partial charge in [-0.15, -0.1) is 0 Å². The fourth-order valence-electron chi connectivity index (χ4n) is 1.38. The third-order valence-electron chi connectivity index (χ3n) is 2.20. The molecule has 0 unspecified atom stereocenters. The maximum Gasteiger partial charge on any atom is 0.327 e. The van der Waals surface area contributed by atoms with Crippen molar-refractivity contribution in [1.82, 2.24) is 19.9 Å². The van der Waals surface area contributed by atoms with Crippen molar-refractivity contribution in [1.29, 1.82) is 0 Å². The molecule has 0 aliphatic rings. The van der Waals surface area contributed by atoms with E-state index in [4.69, 9.17) is 0 Å². The standard InChI is InChI=1S/C9H8N4O5/c1-18-4(14)2-3-7(15)11-6-5(10-3)8(16)13-9(17)12-6/h2H2,1H3,(H3,11,12,13,15,16,17). The third-order valence-corrected chi connectivity index (χ3v) is 2.20. The molecular weight excluding hydrogens is 244 g/mol. The van der Waals surface area contributed by atoms with Crippen molar-refractivity contribution < 1.29 is 9.53 Å². The maximum absolute atomic E-state index is 11.5. The summed E-state index contributed by atoms with van der Waals surface area (Å²) in [5.41, 5.74) is -2.60. The first-order chi connectivity index (χ1) is 8.51. The quantitative estimate of drug-likeness (QED) is 0.529. The van der Waals surface area contributed by atoms with Crippen molar-refractivity contribution in [2.45, 2.75) is 6.42 Å². The molecule has 2 aromatic rings. The second-order valence-electron chi connectivity index (χ2n) is 3.40. The summed E-state index contributed by atoms with van der Waals surface area (Å²) in [4.78, 5) is 55.2. The number of H-pyrrole nitrogens is 3. The van der Waals surface area contributed by atoms with Crippen LogP contribution < -0.4 is 16.8 Å². The lowest BCUT2D eigenvalue weighted by atomic mass is 10.3. The highest BCUT2D eigenvalue weighted by Gasteiger charge is 2.12. The molecule has 0 radical (unpaired) electrons. The third kappa shape index (κ3) is 2.05. The van der Waals surface area contributed by atoms with E-state index in [1.54, 1.807) is 0 Å². The Balaban J connectivity index is 2.69. The fourth-order valence-corrected chi connectivity index (χ4v) is 1.38. The molecule has 2 aromatic heterocycles. The lowest BCUT2D eigenvalue weighted by Gasteiger charge is -2.00. The summed E-state index contributed by atoms with van der Waals surface area (Å²) in [5, 5.41) is 0. The van der Waals surface area contributed by atoms with Gasteiger partial charge in [0.1, 0.15) is 11.3 Å². The first kappa shape index (κ1) is 11.8. The van der Waals surface area contributed by atoms with Crippen LogP contribution >= 0.6 is 0 Å². The largest absolute Gasteiger partial charge is 0.469 e. The molecular formula is C9H8N4O5. The van der Waals surface area contributed by atoms with Crippen LogP contribution in [0.3, 0.4) is 0 Å². The molecule has 0 fully saturated rings. The van der Waals surface area contributed by atoms with Crippen molar-refractivity contribution in [2.24, 2.45) is 0 Å². The van der Waals surface area contributed by atoms with Gasteiger partial charge in [-0.1, -0.05) is 0 Å². The molecule has 0 aromatic carbocycles. The van der Waals surface area contributed by atoms with Crippen LogP contribution in [0.15, 0.2) is 14.4 Å². The van der Waals surface area contributed by atoms with Gasteiger partial charge in [0.15, 0.2) is 5.52 Å². The first-order valence-electron chi connectivity index (χ1n) is 4.83. The summed E-state index contributed by atoms with van der Waals surface area (Å²) >= 11 is 0. The molecule has 0 atom stereocenters. The number of rotatable bonds is 2. The van der Waals surface area contributed by atoms with Crippen LogP contribution in [-0.2, 0) is 16.0 Å². The minimum atomic E-state index is -0.759. The first-order valence-corrected chi connectivity index (χ1v) is 4.83. The van der Waals surface area contributed by atoms with Crippen molar-refractivity contribution in [2.75, 3.05) is 7.11 Å². The number of carbonyl (C=O) groups is 1. The Hall–Kier alpha value is -2.71. The number of aromatic amines is 3. The smallest absolute Gasteiger partial charge is 0.327 e. The van der Waals surface area contributed by atoms with Gasteiger partial charge in [-0.25, -0.2) is 9.78 Å². The van der Waals surface area contributed by atoms with Gasteiger partial charge in [0.05, 0.1) is 13.5 Å². The lowest BCUT2D eigenvalue weighted by molar-refractivity contribution is -0.139. The highest BCUT2D eigenvalue weighted by atomic mass is 16.5. The number of esters is 1. The fraction of sp³-hybridized carbons (Fsp3) is 0.222. The molecule has 2 heterocycles. The van der Waals surface area contributed by atoms with Gasteiger partial charge in [0.25, 0.3) is 11.1 Å². The summed E-state index contributed by atoms with van der Waals surface area (Å²) in [6, 6.07) is 0. The average Bonchev–Trinajstić information content (AvgIpc) is 2.30. The number of ether oxygens (including phenoxy) is 1. The molecule has 18 heavy (non-hydrogen) atoms. The van der Waals surface area contributed by atoms with Crippen LogP contribution in [0.5, 0.6) is 0 Å². The summed E-state index contributed by atoms with van der Waals surface area (Å²) in [5.74, 6) is -0.659. The highest BCUT2D eigenvalue weighted by molar-refractivity contribution is 5.73. The summed E-state index contributed by atoms with van der Waals surface area (Å²) < 4.78 is 4.40. The Bertz CT molecular complexity index is 784. The summed E-state index contributed by atoms with van der Waals surface area (Å²) in [7, 11) is 1.17. The Morgan fingerprint density at radius 2 is 1.89 bits per heavy atom. The number of hydrogen-bond donors (Lipinski definition) is 3. The van der Waals surface area contributed by atoms with E-state index in [0.717, 1.165) is 0 Å². The van der Waals surface area contributed by atoms with Crippen LogP contribution in [0.1, 0.15) is 5.69 Å². The van der Waals surface area contributed by atoms with Gasteiger partial charge in [0, 0.05) is 0 Å². The number of fused-ring (bicyclic) bond motifs is 1. The minimum Gasteiger partial charge on any atom is -0.469 e. The van der Waals surface area contributed by atoms with Crippen molar-refractivity contribution >= 4 is 17.1 Å². The SMILES string of the molecule is COC(=O)Cc1nc2c(=O)[nH]c(=O)[nH]c2[nH]c1=O. The Morgan fingerprint density at radius 1 is 1.17 bits per heavy atom. The molecule has 9 heteroatoms. The maximum atomic E-state index is 11.5. The zero-order chi connectivity index (χ0) is 13.3. The van der Waals surface area contributed by atoms with E-state index in [1.807, 2.05) is 4.98 Å². The number of methoxy groups -OCH3 is 1. The van der Waals surface area contributed by atoms with Crippen molar-refractivity contribution in [3.63, 3.8) is 0 Å². The van der Waals surface area contributed by atoms with E-state index in [-0.39, 0.29) is 23.3 Å². The zero-order valence-corrected chi connectivity index (χ0v) is 9.20. The number of hydrogen-bond acceptors (Lipinski definition) is 6. The van der Waals surface area contributed by atoms with Gasteiger partial charge in [-0.05, 0) is 0 Å². The summed E-state index contributed by atoms with van der Waals surface area (Å²) in [6.45, 7) is 0. The predicted molar refractivity (Wildman–Crippen MR) is 59.3 cm³/mol. The molecule has 0 spiro atoms. The Labute approximate surface area is 97.8 Å². The zero-order valence-electron chi connectivity index (χ0n) is 9.20. The van der Waals surface area contributed by atoms with Gasteiger partial charge in [0.2, 0.25) is 0 Å². The lowest BCUT2D eigenvalue weighted by Crippen LogP contribution is -2.28. The summed E-state index contributed by atoms with van der Waals surface area (Å²) in [6.07, 6.45) is -0.361. The van der Waals surface area contributed by atoms with E-state index in [1.165, 1.54) is 7.11 Å². The molecule has 0 bridgehead atoms. The van der Waals surface area contributed by atoms with Crippen LogP contribution in [-0.4, -0.2) is 33.0 Å². The normalized spacial score (nSPS) is 10.5. The number of nitrogens with one attached hydrogen (secondary N) is 3. The minimum absolute atomic E-state index is 0.0950. The molecule has 0 saturated carbocycles. The molecule has 0 amide bonds. The average molecular weight is 252 g/mol. The van der Waals surface area contributed by atoms with Crippen LogP contribution in [0.4, 0.5) is 0 Å². The molecule has 3 N–H and O–H groups in total. The van der Waals surface area contributed by atoms with Gasteiger partial charge in [-0.3, -0.25) is 24.4 Å². The number of aromatic nitrogens is 4. The van der Waals surface area contributed by atoms with Gasteiger partial charge >= 0.3 is 11.7 Å². The van der Waals surface area contributed by atoms with Gasteiger partial charge < -0.3 is 9.72 Å². The number of nitrogens with zero attached hydrogens (tertiary/aromatic N) is 1. The molecule has 0 aliphatic carbocycles. The Kier molecular flexibility index (Phi) is 2.80. The van der Waals surface area contributed by atoms with Gasteiger partial charge in [-0.2, -0.15) is 0 Å². The number of carbonyl (C=O) groups excluding carboxylic acids is 1. The molecule has 2 rings (SSSR count). The second-order valence-corrected chi connectivity index (χ2v) is 3.40. The van der Waals surface area contributed by atoms with Crippen LogP contribution in [0.2, 0.25) is 0 Å². The van der Waals surface area contributed by atoms with E-state index < -0.39 is 22.8 Å². The molecule has 9 nitrogen and oxygen atoms in total.